The number of ether oxygens (including phenoxy) is 1. The van der Waals surface area contributed by atoms with Gasteiger partial charge in [0.05, 0.1) is 0 Å². The van der Waals surface area contributed by atoms with Gasteiger partial charge in [0.1, 0.15) is 11.6 Å². The topological polar surface area (TPSA) is 49.9 Å². The molecule has 0 aliphatic carbocycles. The normalized spacial score (nSPS) is 21.4. The van der Waals surface area contributed by atoms with Gasteiger partial charge in [-0.2, -0.15) is 0 Å². The number of benzene rings is 1. The van der Waals surface area contributed by atoms with Gasteiger partial charge in [-0.3, -0.25) is 9.69 Å². The zero-order chi connectivity index (χ0) is 19.4. The van der Waals surface area contributed by atoms with Crippen LogP contribution in [-0.4, -0.2) is 53.1 Å². The van der Waals surface area contributed by atoms with Crippen molar-refractivity contribution in [2.45, 2.75) is 64.5 Å². The third-order valence-electron chi connectivity index (χ3n) is 5.46. The molecule has 0 aromatic heterocycles. The summed E-state index contributed by atoms with van der Waals surface area (Å²) in [5.41, 5.74) is 0.831. The summed E-state index contributed by atoms with van der Waals surface area (Å²) >= 11 is 0. The Labute approximate surface area is 162 Å². The molecule has 2 aliphatic heterocycles. The summed E-state index contributed by atoms with van der Waals surface area (Å²) in [5, 5.41) is 0. The van der Waals surface area contributed by atoms with Crippen molar-refractivity contribution < 1.29 is 14.3 Å². The zero-order valence-corrected chi connectivity index (χ0v) is 16.8. The molecule has 0 bridgehead atoms. The second-order valence-electron chi connectivity index (χ2n) is 8.79. The molecule has 0 N–H and O–H groups in total. The molecular weight excluding hydrogens is 340 g/mol. The van der Waals surface area contributed by atoms with Crippen molar-refractivity contribution in [1.29, 1.82) is 0 Å². The Balaban J connectivity index is 1.53. The molecule has 0 unspecified atom stereocenters. The largest absolute Gasteiger partial charge is 0.444 e. The molecule has 5 nitrogen and oxygen atoms in total. The van der Waals surface area contributed by atoms with Crippen molar-refractivity contribution in [3.8, 4) is 0 Å². The van der Waals surface area contributed by atoms with E-state index < -0.39 is 5.60 Å². The van der Waals surface area contributed by atoms with E-state index in [4.69, 9.17) is 4.74 Å². The molecule has 1 aromatic carbocycles. The highest BCUT2D eigenvalue weighted by Crippen LogP contribution is 2.26. The van der Waals surface area contributed by atoms with Gasteiger partial charge < -0.3 is 9.64 Å². The summed E-state index contributed by atoms with van der Waals surface area (Å²) in [6.45, 7) is 7.75. The Bertz CT molecular complexity index is 645. The summed E-state index contributed by atoms with van der Waals surface area (Å²) in [5.74, 6) is 0.721. The van der Waals surface area contributed by atoms with Gasteiger partial charge in [0.2, 0.25) is 5.91 Å². The van der Waals surface area contributed by atoms with Gasteiger partial charge in [-0.25, -0.2) is 4.79 Å². The molecule has 1 aromatic rings. The standard InChI is InChI=1S/C22H32N2O3/c1-22(2,3)27-21(26)24-13-7-10-19(24)20(25)23-14-11-18(12-15-23)16-17-8-5-4-6-9-17/h4-6,8-9,18-19H,7,10-16H2,1-3H3/t19-/m0/s1. The lowest BCUT2D eigenvalue weighted by Gasteiger charge is -2.36. The average Bonchev–Trinajstić information content (AvgIpc) is 3.11. The molecule has 2 saturated heterocycles. The highest BCUT2D eigenvalue weighted by Gasteiger charge is 2.39. The minimum atomic E-state index is -0.539. The summed E-state index contributed by atoms with van der Waals surface area (Å²) in [7, 11) is 0. The van der Waals surface area contributed by atoms with Crippen LogP contribution in [0.2, 0.25) is 0 Å². The molecule has 2 fully saturated rings. The predicted octanol–water partition coefficient (Wildman–Crippen LogP) is 3.87. The van der Waals surface area contributed by atoms with E-state index in [1.54, 1.807) is 4.90 Å². The predicted molar refractivity (Wildman–Crippen MR) is 105 cm³/mol. The van der Waals surface area contributed by atoms with Crippen molar-refractivity contribution in [3.63, 3.8) is 0 Å². The first-order valence-electron chi connectivity index (χ1n) is 10.2. The van der Waals surface area contributed by atoms with E-state index in [0.29, 0.717) is 12.5 Å². The van der Waals surface area contributed by atoms with Crippen LogP contribution in [0.5, 0.6) is 0 Å². The van der Waals surface area contributed by atoms with Crippen LogP contribution in [0.25, 0.3) is 0 Å². The van der Waals surface area contributed by atoms with Crippen LogP contribution in [0.4, 0.5) is 4.79 Å². The molecule has 3 rings (SSSR count). The Morgan fingerprint density at radius 1 is 1.04 bits per heavy atom. The number of hydrogen-bond acceptors (Lipinski definition) is 3. The molecule has 27 heavy (non-hydrogen) atoms. The molecule has 2 amide bonds. The summed E-state index contributed by atoms with van der Waals surface area (Å²) < 4.78 is 5.49. The lowest BCUT2D eigenvalue weighted by atomic mass is 9.90. The zero-order valence-electron chi connectivity index (χ0n) is 16.8. The van der Waals surface area contributed by atoms with Gasteiger partial charge >= 0.3 is 6.09 Å². The number of likely N-dealkylation sites (tertiary alicyclic amines) is 2. The van der Waals surface area contributed by atoms with E-state index in [0.717, 1.165) is 45.2 Å². The van der Waals surface area contributed by atoms with Gasteiger partial charge in [0.15, 0.2) is 0 Å². The van der Waals surface area contributed by atoms with Crippen LogP contribution in [0.15, 0.2) is 30.3 Å². The van der Waals surface area contributed by atoms with E-state index in [1.165, 1.54) is 5.56 Å². The van der Waals surface area contributed by atoms with Crippen LogP contribution < -0.4 is 0 Å². The van der Waals surface area contributed by atoms with Crippen molar-refractivity contribution in [2.75, 3.05) is 19.6 Å². The highest BCUT2D eigenvalue weighted by molar-refractivity contribution is 5.86. The minimum Gasteiger partial charge on any atom is -0.444 e. The Kier molecular flexibility index (Phi) is 6.08. The highest BCUT2D eigenvalue weighted by atomic mass is 16.6. The summed E-state index contributed by atoms with van der Waals surface area (Å²) in [4.78, 5) is 29.1. The van der Waals surface area contributed by atoms with Crippen molar-refractivity contribution in [2.24, 2.45) is 5.92 Å². The van der Waals surface area contributed by atoms with Crippen LogP contribution in [0, 0.1) is 5.92 Å². The molecule has 0 radical (unpaired) electrons. The molecule has 5 heteroatoms. The number of piperidine rings is 1. The summed E-state index contributed by atoms with van der Waals surface area (Å²) in [6.07, 6.45) is 4.37. The fourth-order valence-electron chi connectivity index (χ4n) is 4.08. The molecule has 0 saturated carbocycles. The van der Waals surface area contributed by atoms with E-state index in [9.17, 15) is 9.59 Å². The second kappa shape index (κ2) is 8.32. The lowest BCUT2D eigenvalue weighted by Crippen LogP contribution is -2.51. The smallest absolute Gasteiger partial charge is 0.410 e. The number of nitrogens with zero attached hydrogens (tertiary/aromatic N) is 2. The quantitative estimate of drug-likeness (QED) is 0.809. The van der Waals surface area contributed by atoms with Crippen molar-refractivity contribution in [3.05, 3.63) is 35.9 Å². The van der Waals surface area contributed by atoms with Crippen molar-refractivity contribution >= 4 is 12.0 Å². The van der Waals surface area contributed by atoms with E-state index >= 15 is 0 Å². The molecule has 1 atom stereocenters. The number of rotatable bonds is 3. The Morgan fingerprint density at radius 2 is 1.70 bits per heavy atom. The average molecular weight is 373 g/mol. The number of hydrogen-bond donors (Lipinski definition) is 0. The fraction of sp³-hybridized carbons (Fsp3) is 0.636. The maximum Gasteiger partial charge on any atom is 0.410 e. The van der Waals surface area contributed by atoms with Gasteiger partial charge in [0, 0.05) is 19.6 Å². The van der Waals surface area contributed by atoms with E-state index in [2.05, 4.69) is 24.3 Å². The number of carbonyl (C=O) groups is 2. The fourth-order valence-corrected chi connectivity index (χ4v) is 4.08. The van der Waals surface area contributed by atoms with Gasteiger partial charge in [-0.15, -0.1) is 0 Å². The number of carbonyl (C=O) groups excluding carboxylic acids is 2. The second-order valence-corrected chi connectivity index (χ2v) is 8.79. The van der Waals surface area contributed by atoms with Crippen molar-refractivity contribution in [1.82, 2.24) is 9.80 Å². The molecule has 0 spiro atoms. The van der Waals surface area contributed by atoms with Gasteiger partial charge in [-0.1, -0.05) is 30.3 Å². The van der Waals surface area contributed by atoms with Crippen LogP contribution in [0.3, 0.4) is 0 Å². The van der Waals surface area contributed by atoms with Crippen LogP contribution in [0.1, 0.15) is 52.0 Å². The third-order valence-corrected chi connectivity index (χ3v) is 5.46. The Morgan fingerprint density at radius 3 is 2.33 bits per heavy atom. The van der Waals surface area contributed by atoms with Crippen LogP contribution in [-0.2, 0) is 16.0 Å². The first-order chi connectivity index (χ1) is 12.8. The monoisotopic (exact) mass is 372 g/mol. The van der Waals surface area contributed by atoms with Gasteiger partial charge in [-0.05, 0) is 64.4 Å². The molecule has 148 valence electrons. The lowest BCUT2D eigenvalue weighted by molar-refractivity contribution is -0.137. The molecular formula is C22H32N2O3. The minimum absolute atomic E-state index is 0.0940. The van der Waals surface area contributed by atoms with E-state index in [-0.39, 0.29) is 18.0 Å². The van der Waals surface area contributed by atoms with Gasteiger partial charge in [0.25, 0.3) is 0 Å². The first kappa shape index (κ1) is 19.7. The van der Waals surface area contributed by atoms with E-state index in [1.807, 2.05) is 31.7 Å². The number of amides is 2. The third kappa shape index (κ3) is 5.24. The molecule has 2 heterocycles. The summed E-state index contributed by atoms with van der Waals surface area (Å²) in [6, 6.07) is 10.2. The maximum absolute atomic E-state index is 13.0. The SMILES string of the molecule is CC(C)(C)OC(=O)N1CCC[C@H]1C(=O)N1CCC(Cc2ccccc2)CC1. The molecule has 2 aliphatic rings. The maximum atomic E-state index is 13.0. The first-order valence-corrected chi connectivity index (χ1v) is 10.2. The Hall–Kier alpha value is -2.04. The van der Waals surface area contributed by atoms with Crippen LogP contribution >= 0.6 is 0 Å².